The number of hydrogen-bond donors (Lipinski definition) is 2. The van der Waals surface area contributed by atoms with Crippen molar-refractivity contribution in [1.29, 1.82) is 0 Å². The molecule has 0 amide bonds. The minimum absolute atomic E-state index is 0. The smallest absolute Gasteiger partial charge is 0.119 e. The van der Waals surface area contributed by atoms with E-state index in [1.54, 1.807) is 0 Å². The molecule has 0 saturated carbocycles. The number of anilines is 1. The van der Waals surface area contributed by atoms with Crippen LogP contribution in [0.1, 0.15) is 17.9 Å². The molecule has 21 heavy (non-hydrogen) atoms. The standard InChI is InChI=1S/C17H20N2O.ClH/c18-15-6-8-16(9-7-15)20-17-10-14(11-19-12-17)13-4-2-1-3-5-13;/h1-9,14,17,19H,10-12,18H2;1H/t14-,17+;/m0./s1. The van der Waals surface area contributed by atoms with Crippen molar-refractivity contribution >= 4 is 18.1 Å². The number of nitrogen functional groups attached to an aromatic ring is 1. The first-order chi connectivity index (χ1) is 9.81. The lowest BCUT2D eigenvalue weighted by Crippen LogP contribution is -2.41. The normalized spacial score (nSPS) is 21.3. The van der Waals surface area contributed by atoms with Crippen LogP contribution in [0.3, 0.4) is 0 Å². The molecule has 112 valence electrons. The van der Waals surface area contributed by atoms with E-state index in [4.69, 9.17) is 10.5 Å². The number of halogens is 1. The highest BCUT2D eigenvalue weighted by Crippen LogP contribution is 2.26. The van der Waals surface area contributed by atoms with Crippen LogP contribution in [0.25, 0.3) is 0 Å². The van der Waals surface area contributed by atoms with E-state index < -0.39 is 0 Å². The second-order valence-electron chi connectivity index (χ2n) is 5.31. The molecule has 0 bridgehead atoms. The van der Waals surface area contributed by atoms with Crippen LogP contribution in [-0.4, -0.2) is 19.2 Å². The summed E-state index contributed by atoms with van der Waals surface area (Å²) in [7, 11) is 0. The van der Waals surface area contributed by atoms with Gasteiger partial charge in [-0.05, 0) is 42.2 Å². The molecule has 0 unspecified atom stereocenters. The van der Waals surface area contributed by atoms with Gasteiger partial charge in [-0.15, -0.1) is 12.4 Å². The largest absolute Gasteiger partial charge is 0.489 e. The Morgan fingerprint density at radius 1 is 0.952 bits per heavy atom. The molecule has 0 spiro atoms. The first kappa shape index (κ1) is 15.7. The molecule has 0 radical (unpaired) electrons. The summed E-state index contributed by atoms with van der Waals surface area (Å²) in [6.45, 7) is 1.92. The first-order valence-electron chi connectivity index (χ1n) is 7.09. The molecule has 1 fully saturated rings. The number of nitrogens with one attached hydrogen (secondary N) is 1. The number of nitrogens with two attached hydrogens (primary N) is 1. The van der Waals surface area contributed by atoms with E-state index in [1.807, 2.05) is 24.3 Å². The number of piperidine rings is 1. The van der Waals surface area contributed by atoms with Gasteiger partial charge in [-0.25, -0.2) is 0 Å². The van der Waals surface area contributed by atoms with Crippen LogP contribution in [0.2, 0.25) is 0 Å². The molecule has 3 rings (SSSR count). The summed E-state index contributed by atoms with van der Waals surface area (Å²) >= 11 is 0. The highest BCUT2D eigenvalue weighted by atomic mass is 35.5. The van der Waals surface area contributed by atoms with Gasteiger partial charge in [0.05, 0.1) is 0 Å². The number of rotatable bonds is 3. The summed E-state index contributed by atoms with van der Waals surface area (Å²) in [4.78, 5) is 0. The second-order valence-corrected chi connectivity index (χ2v) is 5.31. The van der Waals surface area contributed by atoms with Crippen molar-refractivity contribution in [3.05, 3.63) is 60.2 Å². The molecule has 4 heteroatoms. The molecule has 0 aromatic heterocycles. The van der Waals surface area contributed by atoms with Crippen molar-refractivity contribution in [3.8, 4) is 5.75 Å². The van der Waals surface area contributed by atoms with Crippen LogP contribution in [0.5, 0.6) is 5.75 Å². The molecular formula is C17H21ClN2O. The summed E-state index contributed by atoms with van der Waals surface area (Å²) in [6, 6.07) is 18.3. The van der Waals surface area contributed by atoms with Crippen LogP contribution in [-0.2, 0) is 0 Å². The van der Waals surface area contributed by atoms with Gasteiger partial charge in [0.2, 0.25) is 0 Å². The van der Waals surface area contributed by atoms with Gasteiger partial charge in [-0.3, -0.25) is 0 Å². The van der Waals surface area contributed by atoms with Gasteiger partial charge in [-0.1, -0.05) is 30.3 Å². The van der Waals surface area contributed by atoms with Gasteiger partial charge in [-0.2, -0.15) is 0 Å². The third kappa shape index (κ3) is 4.13. The number of ether oxygens (including phenoxy) is 1. The van der Waals surface area contributed by atoms with Crippen molar-refractivity contribution in [1.82, 2.24) is 5.32 Å². The maximum atomic E-state index is 6.04. The molecule has 3 N–H and O–H groups in total. The van der Waals surface area contributed by atoms with E-state index in [2.05, 4.69) is 35.6 Å². The molecule has 1 aliphatic rings. The van der Waals surface area contributed by atoms with Gasteiger partial charge in [0.1, 0.15) is 11.9 Å². The van der Waals surface area contributed by atoms with E-state index >= 15 is 0 Å². The molecule has 1 heterocycles. The third-order valence-corrected chi connectivity index (χ3v) is 3.76. The molecule has 2 aromatic rings. The molecule has 1 aliphatic heterocycles. The second kappa shape index (κ2) is 7.34. The highest BCUT2D eigenvalue weighted by molar-refractivity contribution is 5.85. The SMILES string of the molecule is Cl.Nc1ccc(O[C@H]2CNC[C@@H](c3ccccc3)C2)cc1. The minimum Gasteiger partial charge on any atom is -0.489 e. The van der Waals surface area contributed by atoms with E-state index in [0.717, 1.165) is 30.9 Å². The Labute approximate surface area is 131 Å². The zero-order chi connectivity index (χ0) is 13.8. The van der Waals surface area contributed by atoms with Crippen molar-refractivity contribution in [2.45, 2.75) is 18.4 Å². The molecule has 2 atom stereocenters. The molecular weight excluding hydrogens is 284 g/mol. The van der Waals surface area contributed by atoms with Crippen molar-refractivity contribution in [2.75, 3.05) is 18.8 Å². The van der Waals surface area contributed by atoms with Gasteiger partial charge < -0.3 is 15.8 Å². The average Bonchev–Trinajstić information content (AvgIpc) is 2.51. The molecule has 2 aromatic carbocycles. The fourth-order valence-corrected chi connectivity index (χ4v) is 2.71. The topological polar surface area (TPSA) is 47.3 Å². The maximum Gasteiger partial charge on any atom is 0.119 e. The number of benzene rings is 2. The Hall–Kier alpha value is -1.71. The van der Waals surface area contributed by atoms with Crippen molar-refractivity contribution in [2.24, 2.45) is 0 Å². The third-order valence-electron chi connectivity index (χ3n) is 3.76. The Kier molecular flexibility index (Phi) is 5.48. The Morgan fingerprint density at radius 3 is 2.38 bits per heavy atom. The van der Waals surface area contributed by atoms with E-state index in [-0.39, 0.29) is 18.5 Å². The zero-order valence-corrected chi connectivity index (χ0v) is 12.7. The fourth-order valence-electron chi connectivity index (χ4n) is 2.71. The average molecular weight is 305 g/mol. The van der Waals surface area contributed by atoms with Crippen molar-refractivity contribution < 1.29 is 4.74 Å². The van der Waals surface area contributed by atoms with Crippen LogP contribution >= 0.6 is 12.4 Å². The van der Waals surface area contributed by atoms with Gasteiger partial charge in [0.15, 0.2) is 0 Å². The summed E-state index contributed by atoms with van der Waals surface area (Å²) in [5.41, 5.74) is 7.84. The quantitative estimate of drug-likeness (QED) is 0.856. The lowest BCUT2D eigenvalue weighted by atomic mass is 9.90. The van der Waals surface area contributed by atoms with Crippen LogP contribution in [0.4, 0.5) is 5.69 Å². The number of hydrogen-bond acceptors (Lipinski definition) is 3. The van der Waals surface area contributed by atoms with E-state index in [0.29, 0.717) is 5.92 Å². The Morgan fingerprint density at radius 2 is 1.67 bits per heavy atom. The Bertz CT molecular complexity index is 544. The Balaban J connectivity index is 0.00000161. The maximum absolute atomic E-state index is 6.04. The van der Waals surface area contributed by atoms with Crippen LogP contribution in [0, 0.1) is 0 Å². The molecule has 1 saturated heterocycles. The minimum atomic E-state index is 0. The zero-order valence-electron chi connectivity index (χ0n) is 11.9. The van der Waals surface area contributed by atoms with Crippen molar-refractivity contribution in [3.63, 3.8) is 0 Å². The van der Waals surface area contributed by atoms with Crippen LogP contribution < -0.4 is 15.8 Å². The van der Waals surface area contributed by atoms with Gasteiger partial charge in [0, 0.05) is 18.8 Å². The lowest BCUT2D eigenvalue weighted by molar-refractivity contribution is 0.156. The van der Waals surface area contributed by atoms with E-state index in [9.17, 15) is 0 Å². The lowest BCUT2D eigenvalue weighted by Gasteiger charge is -2.30. The molecule has 0 aliphatic carbocycles. The summed E-state index contributed by atoms with van der Waals surface area (Å²) in [5, 5.41) is 3.47. The summed E-state index contributed by atoms with van der Waals surface area (Å²) in [5.74, 6) is 1.41. The predicted octanol–water partition coefficient (Wildman–Crippen LogP) is 3.22. The highest BCUT2D eigenvalue weighted by Gasteiger charge is 2.24. The monoisotopic (exact) mass is 304 g/mol. The van der Waals surface area contributed by atoms with Gasteiger partial charge >= 0.3 is 0 Å². The van der Waals surface area contributed by atoms with Crippen LogP contribution in [0.15, 0.2) is 54.6 Å². The van der Waals surface area contributed by atoms with E-state index in [1.165, 1.54) is 5.56 Å². The first-order valence-corrected chi connectivity index (χ1v) is 7.09. The fraction of sp³-hybridized carbons (Fsp3) is 0.294. The summed E-state index contributed by atoms with van der Waals surface area (Å²) in [6.07, 6.45) is 1.25. The van der Waals surface area contributed by atoms with Gasteiger partial charge in [0.25, 0.3) is 0 Å². The predicted molar refractivity (Wildman–Crippen MR) is 89.2 cm³/mol. The summed E-state index contributed by atoms with van der Waals surface area (Å²) < 4.78 is 6.04. The molecule has 3 nitrogen and oxygen atoms in total.